The number of nitro groups is 1. The highest BCUT2D eigenvalue weighted by Gasteiger charge is 2.35. The minimum Gasteiger partial charge on any atom is -0.325 e. The molecule has 0 heterocycles. The quantitative estimate of drug-likeness (QED) is 0.679. The van der Waals surface area contributed by atoms with Gasteiger partial charge >= 0.3 is 0 Å². The summed E-state index contributed by atoms with van der Waals surface area (Å²) >= 11 is 0. The topological polar surface area (TPSA) is 69.2 Å². The highest BCUT2D eigenvalue weighted by atomic mass is 19.1. The average Bonchev–Trinajstić information content (AvgIpc) is 2.33. The molecule has 0 atom stereocenters. The van der Waals surface area contributed by atoms with Crippen molar-refractivity contribution in [3.63, 3.8) is 0 Å². The minimum atomic E-state index is -0.575. The lowest BCUT2D eigenvalue weighted by Gasteiger charge is -2.41. The van der Waals surface area contributed by atoms with Gasteiger partial charge in [-0.25, -0.2) is 4.39 Å². The van der Waals surface area contributed by atoms with Crippen LogP contribution in [-0.2, 0) is 6.42 Å². The molecule has 2 rings (SSSR count). The number of halogens is 1. The molecule has 0 bridgehead atoms. The summed E-state index contributed by atoms with van der Waals surface area (Å²) in [7, 11) is 0. The van der Waals surface area contributed by atoms with Crippen molar-refractivity contribution in [3.8, 4) is 0 Å². The van der Waals surface area contributed by atoms with Gasteiger partial charge in [-0.1, -0.05) is 13.8 Å². The second kappa shape index (κ2) is 5.13. The Balaban J connectivity index is 2.16. The van der Waals surface area contributed by atoms with Crippen molar-refractivity contribution < 1.29 is 9.31 Å². The van der Waals surface area contributed by atoms with E-state index in [4.69, 9.17) is 5.73 Å². The predicted molar refractivity (Wildman–Crippen MR) is 75.9 cm³/mol. The van der Waals surface area contributed by atoms with Gasteiger partial charge in [0.25, 0.3) is 5.69 Å². The maximum absolute atomic E-state index is 13.4. The van der Waals surface area contributed by atoms with Crippen LogP contribution in [0.3, 0.4) is 0 Å². The molecule has 0 saturated heterocycles. The second-order valence-electron chi connectivity index (χ2n) is 6.78. The van der Waals surface area contributed by atoms with Crippen LogP contribution < -0.4 is 5.73 Å². The molecular weight excluding hydrogens is 259 g/mol. The Morgan fingerprint density at radius 1 is 1.25 bits per heavy atom. The molecule has 0 aliphatic heterocycles. The Morgan fingerprint density at radius 2 is 1.85 bits per heavy atom. The lowest BCUT2D eigenvalue weighted by atomic mass is 9.68. The van der Waals surface area contributed by atoms with Crippen LogP contribution in [0.2, 0.25) is 0 Å². The number of rotatable bonds is 3. The van der Waals surface area contributed by atoms with E-state index in [-0.39, 0.29) is 11.2 Å². The molecule has 4 nitrogen and oxygen atoms in total. The summed E-state index contributed by atoms with van der Waals surface area (Å²) in [6.45, 7) is 4.44. The Hall–Kier alpha value is -1.49. The molecule has 0 radical (unpaired) electrons. The van der Waals surface area contributed by atoms with Gasteiger partial charge in [0.05, 0.1) is 11.0 Å². The zero-order valence-electron chi connectivity index (χ0n) is 12.0. The van der Waals surface area contributed by atoms with Crippen LogP contribution in [-0.4, -0.2) is 10.5 Å². The monoisotopic (exact) mass is 280 g/mol. The van der Waals surface area contributed by atoms with Crippen LogP contribution in [0.4, 0.5) is 10.1 Å². The number of nitrogens with zero attached hydrogens (tertiary/aromatic N) is 1. The number of benzene rings is 1. The number of non-ortho nitro benzene ring substituents is 1. The molecule has 110 valence electrons. The molecular formula is C15H21FN2O2. The summed E-state index contributed by atoms with van der Waals surface area (Å²) in [5.41, 5.74) is 6.72. The van der Waals surface area contributed by atoms with E-state index in [0.717, 1.165) is 31.7 Å². The van der Waals surface area contributed by atoms with E-state index in [1.54, 1.807) is 0 Å². The molecule has 1 fully saturated rings. The molecule has 20 heavy (non-hydrogen) atoms. The highest BCUT2D eigenvalue weighted by molar-refractivity contribution is 5.36. The SMILES string of the molecule is CC1(C)CCC(N)(Cc2cc(F)cc([N+](=O)[O-])c2)CC1. The standard InChI is InChI=1S/C15H21FN2O2/c1-14(2)3-5-15(17,6-4-14)10-11-7-12(16)9-13(8-11)18(19)20/h7-9H,3-6,10,17H2,1-2H3. The molecule has 2 N–H and O–H groups in total. The number of hydrogen-bond donors (Lipinski definition) is 1. The molecule has 5 heteroatoms. The number of hydrogen-bond acceptors (Lipinski definition) is 3. The van der Waals surface area contributed by atoms with Crippen LogP contribution in [0, 0.1) is 21.3 Å². The van der Waals surface area contributed by atoms with Gasteiger partial charge in [-0.2, -0.15) is 0 Å². The predicted octanol–water partition coefficient (Wildman–Crippen LogP) is 3.57. The van der Waals surface area contributed by atoms with Gasteiger partial charge in [0.1, 0.15) is 5.82 Å². The molecule has 1 aliphatic rings. The molecule has 1 aliphatic carbocycles. The molecule has 0 amide bonds. The van der Waals surface area contributed by atoms with Gasteiger partial charge in [-0.15, -0.1) is 0 Å². The fourth-order valence-electron chi connectivity index (χ4n) is 2.85. The van der Waals surface area contributed by atoms with Crippen molar-refractivity contribution in [2.75, 3.05) is 0 Å². The Bertz CT molecular complexity index is 519. The van der Waals surface area contributed by atoms with E-state index >= 15 is 0 Å². The fourth-order valence-corrected chi connectivity index (χ4v) is 2.85. The Kier molecular flexibility index (Phi) is 3.82. The van der Waals surface area contributed by atoms with Crippen LogP contribution in [0.25, 0.3) is 0 Å². The van der Waals surface area contributed by atoms with Crippen molar-refractivity contribution in [1.82, 2.24) is 0 Å². The summed E-state index contributed by atoms with van der Waals surface area (Å²) in [5.74, 6) is -0.575. The van der Waals surface area contributed by atoms with Crippen LogP contribution in [0.15, 0.2) is 18.2 Å². The summed E-state index contributed by atoms with van der Waals surface area (Å²) < 4.78 is 13.4. The lowest BCUT2D eigenvalue weighted by molar-refractivity contribution is -0.385. The van der Waals surface area contributed by atoms with Crippen molar-refractivity contribution in [3.05, 3.63) is 39.7 Å². The first-order chi connectivity index (χ1) is 9.19. The van der Waals surface area contributed by atoms with Gasteiger partial charge in [0, 0.05) is 11.6 Å². The molecule has 0 spiro atoms. The van der Waals surface area contributed by atoms with Crippen molar-refractivity contribution in [2.45, 2.75) is 51.5 Å². The number of nitrogens with two attached hydrogens (primary N) is 1. The van der Waals surface area contributed by atoms with E-state index in [1.807, 2.05) is 0 Å². The fraction of sp³-hybridized carbons (Fsp3) is 0.600. The number of nitro benzene ring substituents is 1. The summed E-state index contributed by atoms with van der Waals surface area (Å²) in [4.78, 5) is 10.2. The van der Waals surface area contributed by atoms with E-state index in [0.29, 0.717) is 17.4 Å². The first-order valence-corrected chi connectivity index (χ1v) is 6.92. The van der Waals surface area contributed by atoms with E-state index in [1.165, 1.54) is 12.1 Å². The third kappa shape index (κ3) is 3.54. The zero-order valence-corrected chi connectivity index (χ0v) is 12.0. The summed E-state index contributed by atoms with van der Waals surface area (Å²) in [6.07, 6.45) is 4.28. The molecule has 1 aromatic rings. The Labute approximate surface area is 118 Å². The van der Waals surface area contributed by atoms with Gasteiger partial charge < -0.3 is 5.73 Å². The van der Waals surface area contributed by atoms with Crippen LogP contribution >= 0.6 is 0 Å². The molecule has 0 aromatic heterocycles. The summed E-state index contributed by atoms with van der Waals surface area (Å²) in [5, 5.41) is 10.8. The first-order valence-electron chi connectivity index (χ1n) is 6.92. The maximum atomic E-state index is 13.4. The highest BCUT2D eigenvalue weighted by Crippen LogP contribution is 2.40. The smallest absolute Gasteiger partial charge is 0.272 e. The van der Waals surface area contributed by atoms with E-state index < -0.39 is 10.7 Å². The van der Waals surface area contributed by atoms with Gasteiger partial charge in [0.2, 0.25) is 0 Å². The third-order valence-electron chi connectivity index (χ3n) is 4.31. The maximum Gasteiger partial charge on any atom is 0.272 e. The second-order valence-corrected chi connectivity index (χ2v) is 6.78. The zero-order chi connectivity index (χ0) is 15.0. The molecule has 0 unspecified atom stereocenters. The van der Waals surface area contributed by atoms with Crippen molar-refractivity contribution in [2.24, 2.45) is 11.1 Å². The van der Waals surface area contributed by atoms with E-state index in [2.05, 4.69) is 13.8 Å². The average molecular weight is 280 g/mol. The van der Waals surface area contributed by atoms with Crippen LogP contribution in [0.5, 0.6) is 0 Å². The Morgan fingerprint density at radius 3 is 2.40 bits per heavy atom. The van der Waals surface area contributed by atoms with Gasteiger partial charge in [-0.05, 0) is 49.1 Å². The van der Waals surface area contributed by atoms with Crippen LogP contribution in [0.1, 0.15) is 45.1 Å². The third-order valence-corrected chi connectivity index (χ3v) is 4.31. The largest absolute Gasteiger partial charge is 0.325 e. The molecule has 1 saturated carbocycles. The van der Waals surface area contributed by atoms with Gasteiger partial charge in [0.15, 0.2) is 0 Å². The normalized spacial score (nSPS) is 20.6. The van der Waals surface area contributed by atoms with Gasteiger partial charge in [-0.3, -0.25) is 10.1 Å². The van der Waals surface area contributed by atoms with Crippen molar-refractivity contribution >= 4 is 5.69 Å². The van der Waals surface area contributed by atoms with E-state index in [9.17, 15) is 14.5 Å². The molecule has 1 aromatic carbocycles. The lowest BCUT2D eigenvalue weighted by Crippen LogP contribution is -2.46. The minimum absolute atomic E-state index is 0.209. The summed E-state index contributed by atoms with van der Waals surface area (Å²) in [6, 6.07) is 3.72. The van der Waals surface area contributed by atoms with Crippen molar-refractivity contribution in [1.29, 1.82) is 0 Å². The first kappa shape index (κ1) is 14.9.